The summed E-state index contributed by atoms with van der Waals surface area (Å²) in [6.07, 6.45) is 10.0. The molecule has 1 heterocycles. The van der Waals surface area contributed by atoms with E-state index in [4.69, 9.17) is 0 Å². The zero-order chi connectivity index (χ0) is 45.7. The highest BCUT2D eigenvalue weighted by atomic mass is 15.1. The smallest absolute Gasteiger partial charge is 0.0577 e. The van der Waals surface area contributed by atoms with Gasteiger partial charge in [0.1, 0.15) is 0 Å². The fourth-order valence-corrected chi connectivity index (χ4v) is 12.2. The highest BCUT2D eigenvalue weighted by Crippen LogP contribution is 2.54. The van der Waals surface area contributed by atoms with Crippen LogP contribution in [0.15, 0.2) is 224 Å². The molecule has 0 aliphatic heterocycles. The van der Waals surface area contributed by atoms with E-state index in [1.54, 1.807) is 0 Å². The largest absolute Gasteiger partial charge is 0.332 e. The van der Waals surface area contributed by atoms with Crippen LogP contribution >= 0.6 is 0 Å². The molecule has 3 aliphatic rings. The van der Waals surface area contributed by atoms with Crippen molar-refractivity contribution in [2.75, 3.05) is 4.90 Å². The van der Waals surface area contributed by atoms with Crippen LogP contribution in [-0.4, -0.2) is 4.57 Å². The van der Waals surface area contributed by atoms with Gasteiger partial charge in [-0.05, 0) is 121 Å². The van der Waals surface area contributed by atoms with Gasteiger partial charge in [0.15, 0.2) is 0 Å². The zero-order valence-corrected chi connectivity index (χ0v) is 39.0. The molecule has 0 saturated carbocycles. The number of fused-ring (bicyclic) bond motifs is 9. The van der Waals surface area contributed by atoms with Gasteiger partial charge in [0, 0.05) is 44.2 Å². The van der Waals surface area contributed by atoms with E-state index in [0.29, 0.717) is 0 Å². The summed E-state index contributed by atoms with van der Waals surface area (Å²) in [6, 6.07) is 75.3. The third-order valence-electron chi connectivity index (χ3n) is 15.5. The minimum absolute atomic E-state index is 0.124. The number of hydrogen-bond acceptors (Lipinski definition) is 1. The van der Waals surface area contributed by atoms with Gasteiger partial charge >= 0.3 is 0 Å². The maximum absolute atomic E-state index is 2.63. The van der Waals surface area contributed by atoms with Gasteiger partial charge < -0.3 is 9.47 Å². The van der Waals surface area contributed by atoms with Crippen LogP contribution < -0.4 is 4.90 Å². The van der Waals surface area contributed by atoms with Gasteiger partial charge in [0.05, 0.1) is 17.3 Å². The molecular weight excluding hydrogens is 821 g/mol. The van der Waals surface area contributed by atoms with Gasteiger partial charge in [0.25, 0.3) is 0 Å². The number of hydrogen-bond donors (Lipinski definition) is 0. The highest BCUT2D eigenvalue weighted by Gasteiger charge is 2.38. The molecule has 0 radical (unpaired) electrons. The Labute approximate surface area is 399 Å². The number of nitrogens with zero attached hydrogens (tertiary/aromatic N) is 2. The number of rotatable bonds is 7. The molecule has 1 unspecified atom stereocenters. The molecule has 1 aromatic heterocycles. The fraction of sp³-hybridized carbons (Fsp3) is 0.121. The van der Waals surface area contributed by atoms with Crippen LogP contribution in [0, 0.1) is 0 Å². The number of benzene rings is 9. The second-order valence-corrected chi connectivity index (χ2v) is 20.0. The van der Waals surface area contributed by atoms with Gasteiger partial charge in [0.2, 0.25) is 0 Å². The maximum Gasteiger partial charge on any atom is 0.0577 e. The predicted molar refractivity (Wildman–Crippen MR) is 287 cm³/mol. The molecule has 9 aromatic carbocycles. The minimum Gasteiger partial charge on any atom is -0.332 e. The lowest BCUT2D eigenvalue weighted by molar-refractivity contribution is 0.636. The Kier molecular flexibility index (Phi) is 9.08. The molecule has 13 rings (SSSR count). The summed E-state index contributed by atoms with van der Waals surface area (Å²) in [5.74, 6) is 0. The van der Waals surface area contributed by atoms with Crippen molar-refractivity contribution >= 4 is 38.7 Å². The van der Waals surface area contributed by atoms with Crippen LogP contribution in [0.4, 0.5) is 17.1 Å². The minimum atomic E-state index is -0.124. The number of aromatic nitrogens is 1. The number of anilines is 3. The van der Waals surface area contributed by atoms with Gasteiger partial charge in [-0.25, -0.2) is 0 Å². The third kappa shape index (κ3) is 6.03. The lowest BCUT2D eigenvalue weighted by Gasteiger charge is -2.30. The third-order valence-corrected chi connectivity index (χ3v) is 15.5. The first-order valence-electron chi connectivity index (χ1n) is 24.2. The normalized spacial score (nSPS) is 15.9. The Balaban J connectivity index is 1.01. The van der Waals surface area contributed by atoms with Crippen molar-refractivity contribution in [3.63, 3.8) is 0 Å². The molecule has 0 fully saturated rings. The first-order chi connectivity index (χ1) is 33.3. The summed E-state index contributed by atoms with van der Waals surface area (Å²) < 4.78 is 2.63. The molecule has 0 amide bonds. The second kappa shape index (κ2) is 15.3. The summed E-state index contributed by atoms with van der Waals surface area (Å²) in [7, 11) is 0. The molecule has 0 N–H and O–H groups in total. The van der Waals surface area contributed by atoms with Crippen molar-refractivity contribution in [2.45, 2.75) is 51.0 Å². The van der Waals surface area contributed by atoms with E-state index in [9.17, 15) is 0 Å². The van der Waals surface area contributed by atoms with E-state index < -0.39 is 0 Å². The van der Waals surface area contributed by atoms with Crippen LogP contribution in [0.2, 0.25) is 0 Å². The van der Waals surface area contributed by atoms with Crippen molar-refractivity contribution < 1.29 is 0 Å². The fourth-order valence-electron chi connectivity index (χ4n) is 12.2. The maximum atomic E-state index is 2.63. The van der Waals surface area contributed by atoms with Crippen molar-refractivity contribution in [1.29, 1.82) is 0 Å². The lowest BCUT2D eigenvalue weighted by Crippen LogP contribution is -2.18. The standard InChI is InChI=1S/C66H52N2/c1-65(2)58-30-18-16-27-51(58)53-38-36-48(40-60(53)65)67(49-37-39-54-52-28-17-19-31-59(52)66(3,4)61(54)41-49)47-34-32-43(33-35-47)56-42-57-62(44-20-8-5-9-21-44)63(45-22-10-6-11-23-45)68(46-24-12-7-13-25-46)64(57)55-29-15-14-26-50(55)56/h5-24,26-42,46H,25H2,1-4H3. The van der Waals surface area contributed by atoms with Crippen LogP contribution in [0.25, 0.3) is 77.4 Å². The molecule has 0 spiro atoms. The monoisotopic (exact) mass is 872 g/mol. The molecule has 10 aromatic rings. The first kappa shape index (κ1) is 40.3. The molecule has 0 saturated heterocycles. The van der Waals surface area contributed by atoms with Crippen molar-refractivity contribution in [3.8, 4) is 55.8 Å². The van der Waals surface area contributed by atoms with E-state index in [0.717, 1.165) is 23.5 Å². The van der Waals surface area contributed by atoms with E-state index in [1.165, 1.54) is 99.7 Å². The Bertz CT molecular complexity index is 3590. The summed E-state index contributed by atoms with van der Waals surface area (Å²) in [6.45, 7) is 9.50. The Hall–Kier alpha value is -7.94. The summed E-state index contributed by atoms with van der Waals surface area (Å²) in [5.41, 5.74) is 22.7. The Morgan fingerprint density at radius 1 is 0.412 bits per heavy atom. The lowest BCUT2D eigenvalue weighted by atomic mass is 9.82. The molecule has 2 nitrogen and oxygen atoms in total. The van der Waals surface area contributed by atoms with Gasteiger partial charge in [-0.1, -0.05) is 210 Å². The van der Waals surface area contributed by atoms with Crippen molar-refractivity contribution in [1.82, 2.24) is 4.57 Å². The van der Waals surface area contributed by atoms with E-state index in [-0.39, 0.29) is 16.9 Å². The molecular formula is C66H52N2. The van der Waals surface area contributed by atoms with Gasteiger partial charge in [-0.15, -0.1) is 0 Å². The molecule has 1 atom stereocenters. The Morgan fingerprint density at radius 2 is 0.926 bits per heavy atom. The van der Waals surface area contributed by atoms with E-state index in [1.807, 2.05) is 0 Å². The van der Waals surface area contributed by atoms with Gasteiger partial charge in [-0.3, -0.25) is 0 Å². The van der Waals surface area contributed by atoms with E-state index in [2.05, 4.69) is 262 Å². The molecule has 2 heteroatoms. The summed E-state index contributed by atoms with van der Waals surface area (Å²) in [5, 5.41) is 3.77. The van der Waals surface area contributed by atoms with Crippen LogP contribution in [0.1, 0.15) is 62.4 Å². The van der Waals surface area contributed by atoms with E-state index >= 15 is 0 Å². The molecule has 3 aliphatic carbocycles. The predicted octanol–water partition coefficient (Wildman–Crippen LogP) is 17.9. The van der Waals surface area contributed by atoms with Crippen molar-refractivity contribution in [2.24, 2.45) is 0 Å². The first-order valence-corrected chi connectivity index (χ1v) is 24.2. The van der Waals surface area contributed by atoms with Crippen LogP contribution in [0.5, 0.6) is 0 Å². The highest BCUT2D eigenvalue weighted by molar-refractivity contribution is 6.19. The summed E-state index contributed by atoms with van der Waals surface area (Å²) in [4.78, 5) is 2.48. The molecule has 326 valence electrons. The number of allylic oxidation sites excluding steroid dienone is 4. The SMILES string of the molecule is CC1(C)c2ccccc2-c2ccc(N(c3ccc(-c4cc5c(-c6ccccc6)c(-c6ccccc6)n(C6C=CC=CC6)c5c5ccccc45)cc3)c3ccc4c(c3)C(C)(C)c3ccccc3-4)cc21. The molecule has 0 bridgehead atoms. The second-order valence-electron chi connectivity index (χ2n) is 20.0. The Morgan fingerprint density at radius 3 is 1.51 bits per heavy atom. The molecule has 68 heavy (non-hydrogen) atoms. The van der Waals surface area contributed by atoms with Gasteiger partial charge in [-0.2, -0.15) is 0 Å². The quantitative estimate of drug-likeness (QED) is 0.155. The topological polar surface area (TPSA) is 8.17 Å². The average molecular weight is 873 g/mol. The average Bonchev–Trinajstić information content (AvgIpc) is 3.94. The van der Waals surface area contributed by atoms with Crippen molar-refractivity contribution in [3.05, 3.63) is 247 Å². The van der Waals surface area contributed by atoms with Crippen LogP contribution in [-0.2, 0) is 10.8 Å². The van der Waals surface area contributed by atoms with Crippen LogP contribution in [0.3, 0.4) is 0 Å². The summed E-state index contributed by atoms with van der Waals surface area (Å²) >= 11 is 0. The zero-order valence-electron chi connectivity index (χ0n) is 39.0.